The summed E-state index contributed by atoms with van der Waals surface area (Å²) in [6.07, 6.45) is 5.26. The van der Waals surface area contributed by atoms with Crippen molar-refractivity contribution in [2.75, 3.05) is 0 Å². The fraction of sp³-hybridized carbons (Fsp3) is 0.455. The molecule has 0 amide bonds. The number of nitrogens with two attached hydrogens (primary N) is 1. The van der Waals surface area contributed by atoms with Gasteiger partial charge in [-0.1, -0.05) is 11.6 Å². The molecule has 0 spiro atoms. The smallest absolute Gasteiger partial charge is 0.108 e. The zero-order valence-electron chi connectivity index (χ0n) is 10.6. The lowest BCUT2D eigenvalue weighted by Gasteiger charge is -2.18. The van der Waals surface area contributed by atoms with Crippen LogP contribution < -0.4 is 11.3 Å². The second kappa shape index (κ2) is 5.09. The van der Waals surface area contributed by atoms with Crippen molar-refractivity contribution < 1.29 is 0 Å². The third-order valence-corrected chi connectivity index (χ3v) is 3.03. The van der Waals surface area contributed by atoms with Crippen molar-refractivity contribution >= 4 is 11.6 Å². The molecule has 1 atom stereocenters. The molecule has 2 aromatic heterocycles. The van der Waals surface area contributed by atoms with E-state index in [1.165, 1.54) is 0 Å². The fourth-order valence-electron chi connectivity index (χ4n) is 1.92. The van der Waals surface area contributed by atoms with Gasteiger partial charge in [-0.3, -0.25) is 10.5 Å². The van der Waals surface area contributed by atoms with Crippen LogP contribution in [0, 0.1) is 0 Å². The van der Waals surface area contributed by atoms with Crippen molar-refractivity contribution in [3.05, 3.63) is 35.1 Å². The molecule has 0 aromatic carbocycles. The summed E-state index contributed by atoms with van der Waals surface area (Å²) in [6.45, 7) is 4.08. The van der Waals surface area contributed by atoms with Gasteiger partial charge in [0.2, 0.25) is 0 Å². The fourth-order valence-corrected chi connectivity index (χ4v) is 2.16. The molecular formula is C11H17ClN6. The molecule has 2 rings (SSSR count). The number of hydrazine groups is 1. The van der Waals surface area contributed by atoms with E-state index >= 15 is 0 Å². The Morgan fingerprint density at radius 1 is 1.44 bits per heavy atom. The van der Waals surface area contributed by atoms with E-state index in [1.807, 2.05) is 36.3 Å². The van der Waals surface area contributed by atoms with Crippen molar-refractivity contribution in [1.29, 1.82) is 0 Å². The van der Waals surface area contributed by atoms with E-state index < -0.39 is 0 Å². The molecule has 3 N–H and O–H groups in total. The second-order valence-electron chi connectivity index (χ2n) is 4.48. The Kier molecular flexibility index (Phi) is 3.70. The van der Waals surface area contributed by atoms with Crippen molar-refractivity contribution in [3.63, 3.8) is 0 Å². The highest BCUT2D eigenvalue weighted by atomic mass is 35.5. The first-order chi connectivity index (χ1) is 8.54. The molecule has 0 bridgehead atoms. The van der Waals surface area contributed by atoms with E-state index in [9.17, 15) is 0 Å². The molecule has 6 nitrogen and oxygen atoms in total. The number of rotatable bonds is 4. The van der Waals surface area contributed by atoms with Crippen LogP contribution >= 0.6 is 11.6 Å². The predicted octanol–water partition coefficient (Wildman–Crippen LogP) is 1.40. The molecule has 0 saturated heterocycles. The van der Waals surface area contributed by atoms with Crippen molar-refractivity contribution in [3.8, 4) is 0 Å². The Balaban J connectivity index is 2.47. The molecule has 7 heteroatoms. The highest BCUT2D eigenvalue weighted by molar-refractivity contribution is 6.31. The number of nitrogens with zero attached hydrogens (tertiary/aromatic N) is 4. The molecule has 98 valence electrons. The maximum atomic E-state index is 6.21. The normalized spacial score (nSPS) is 13.2. The molecule has 0 aliphatic rings. The second-order valence-corrected chi connectivity index (χ2v) is 4.89. The van der Waals surface area contributed by atoms with Gasteiger partial charge in [0.1, 0.15) is 6.04 Å². The molecule has 0 aliphatic carbocycles. The summed E-state index contributed by atoms with van der Waals surface area (Å²) < 4.78 is 3.71. The van der Waals surface area contributed by atoms with E-state index in [0.717, 1.165) is 11.4 Å². The summed E-state index contributed by atoms with van der Waals surface area (Å²) >= 11 is 6.21. The highest BCUT2D eigenvalue weighted by Crippen LogP contribution is 2.28. The molecule has 18 heavy (non-hydrogen) atoms. The lowest BCUT2D eigenvalue weighted by Crippen LogP contribution is -2.31. The minimum Gasteiger partial charge on any atom is -0.340 e. The van der Waals surface area contributed by atoms with E-state index in [1.54, 1.807) is 12.5 Å². The van der Waals surface area contributed by atoms with Crippen LogP contribution in [0.1, 0.15) is 37.3 Å². The summed E-state index contributed by atoms with van der Waals surface area (Å²) in [6, 6.07) is -0.0735. The third kappa shape index (κ3) is 2.27. The van der Waals surface area contributed by atoms with Crippen LogP contribution in [0.2, 0.25) is 5.02 Å². The predicted molar refractivity (Wildman–Crippen MR) is 70.0 cm³/mol. The number of aryl methyl sites for hydroxylation is 1. The molecule has 0 aliphatic heterocycles. The molecule has 1 unspecified atom stereocenters. The Morgan fingerprint density at radius 2 is 2.17 bits per heavy atom. The monoisotopic (exact) mass is 268 g/mol. The van der Waals surface area contributed by atoms with E-state index in [0.29, 0.717) is 5.02 Å². The van der Waals surface area contributed by atoms with Crippen LogP contribution in [0.15, 0.2) is 18.7 Å². The maximum Gasteiger partial charge on any atom is 0.108 e. The summed E-state index contributed by atoms with van der Waals surface area (Å²) in [5.41, 5.74) is 4.39. The Hall–Kier alpha value is -1.37. The standard InChI is InChI=1S/C11H17ClN6/c1-7(2)18-11(8(12)4-15-18)10(16-13)9-5-17(3)6-14-9/h4-7,10,16H,13H2,1-3H3. The zero-order valence-corrected chi connectivity index (χ0v) is 11.4. The minimum absolute atomic E-state index is 0.201. The number of imidazole rings is 1. The van der Waals surface area contributed by atoms with Gasteiger partial charge >= 0.3 is 0 Å². The van der Waals surface area contributed by atoms with E-state index in [2.05, 4.69) is 15.5 Å². The Bertz CT molecular complexity index is 529. The van der Waals surface area contributed by atoms with Crippen LogP contribution in [-0.2, 0) is 7.05 Å². The van der Waals surface area contributed by atoms with Crippen molar-refractivity contribution in [2.24, 2.45) is 12.9 Å². The average Bonchev–Trinajstić information content (AvgIpc) is 2.88. The minimum atomic E-state index is -0.274. The quantitative estimate of drug-likeness (QED) is 0.649. The van der Waals surface area contributed by atoms with Crippen LogP contribution in [0.3, 0.4) is 0 Å². The van der Waals surface area contributed by atoms with Crippen LogP contribution in [0.25, 0.3) is 0 Å². The summed E-state index contributed by atoms with van der Waals surface area (Å²) in [4.78, 5) is 4.31. The number of aromatic nitrogens is 4. The average molecular weight is 269 g/mol. The largest absolute Gasteiger partial charge is 0.340 e. The maximum absolute atomic E-state index is 6.21. The molecule has 0 saturated carbocycles. The van der Waals surface area contributed by atoms with Gasteiger partial charge in [0.05, 0.1) is 28.9 Å². The lowest BCUT2D eigenvalue weighted by molar-refractivity contribution is 0.473. The molecule has 0 radical (unpaired) electrons. The highest BCUT2D eigenvalue weighted by Gasteiger charge is 2.24. The summed E-state index contributed by atoms with van der Waals surface area (Å²) in [5, 5.41) is 4.85. The van der Waals surface area contributed by atoms with Crippen molar-refractivity contribution in [2.45, 2.75) is 25.9 Å². The van der Waals surface area contributed by atoms with Gasteiger partial charge in [-0.25, -0.2) is 10.4 Å². The van der Waals surface area contributed by atoms with E-state index in [-0.39, 0.29) is 12.1 Å². The Morgan fingerprint density at radius 3 is 2.67 bits per heavy atom. The van der Waals surface area contributed by atoms with Crippen LogP contribution in [0.4, 0.5) is 0 Å². The first-order valence-electron chi connectivity index (χ1n) is 5.71. The number of nitrogens with one attached hydrogen (secondary N) is 1. The Labute approximate surface area is 111 Å². The number of hydrogen-bond acceptors (Lipinski definition) is 4. The SMILES string of the molecule is CC(C)n1ncc(Cl)c1C(NN)c1cn(C)cn1. The summed E-state index contributed by atoms with van der Waals surface area (Å²) in [5.74, 6) is 5.64. The zero-order chi connectivity index (χ0) is 13.3. The van der Waals surface area contributed by atoms with Gasteiger partial charge in [0, 0.05) is 19.3 Å². The first kappa shape index (κ1) is 13.1. The van der Waals surface area contributed by atoms with Gasteiger partial charge in [-0.15, -0.1) is 0 Å². The third-order valence-electron chi connectivity index (χ3n) is 2.74. The van der Waals surface area contributed by atoms with E-state index in [4.69, 9.17) is 17.4 Å². The first-order valence-corrected chi connectivity index (χ1v) is 6.09. The lowest BCUT2D eigenvalue weighted by atomic mass is 10.1. The molecule has 2 heterocycles. The van der Waals surface area contributed by atoms with Gasteiger partial charge < -0.3 is 4.57 Å². The van der Waals surface area contributed by atoms with Gasteiger partial charge in [0.15, 0.2) is 0 Å². The van der Waals surface area contributed by atoms with Gasteiger partial charge in [-0.2, -0.15) is 5.10 Å². The topological polar surface area (TPSA) is 73.7 Å². The molecular weight excluding hydrogens is 252 g/mol. The summed E-state index contributed by atoms with van der Waals surface area (Å²) in [7, 11) is 1.91. The van der Waals surface area contributed by atoms with Gasteiger partial charge in [-0.05, 0) is 13.8 Å². The number of halogens is 1. The van der Waals surface area contributed by atoms with Crippen LogP contribution in [-0.4, -0.2) is 19.3 Å². The number of hydrogen-bond donors (Lipinski definition) is 2. The molecule has 0 fully saturated rings. The van der Waals surface area contributed by atoms with Gasteiger partial charge in [0.25, 0.3) is 0 Å². The van der Waals surface area contributed by atoms with Crippen LogP contribution in [0.5, 0.6) is 0 Å². The van der Waals surface area contributed by atoms with Crippen molar-refractivity contribution in [1.82, 2.24) is 24.8 Å². The molecule has 2 aromatic rings.